The third-order valence-corrected chi connectivity index (χ3v) is 7.22. The van der Waals surface area contributed by atoms with E-state index in [-0.39, 0.29) is 5.54 Å². The van der Waals surface area contributed by atoms with Gasteiger partial charge in [0.1, 0.15) is 0 Å². The smallest absolute Gasteiger partial charge is 0.0962 e. The molecule has 0 radical (unpaired) electrons. The van der Waals surface area contributed by atoms with Crippen LogP contribution in [0.5, 0.6) is 0 Å². The van der Waals surface area contributed by atoms with Gasteiger partial charge >= 0.3 is 0 Å². The molecule has 5 rings (SSSR count). The maximum atomic E-state index is 4.91. The average molecular weight is 393 g/mol. The lowest BCUT2D eigenvalue weighted by Gasteiger charge is -2.49. The molecule has 1 aromatic carbocycles. The zero-order valence-electron chi connectivity index (χ0n) is 16.6. The number of rotatable bonds is 4. The first-order valence-electron chi connectivity index (χ1n) is 10.4. The molecular weight excluding hydrogens is 364 g/mol. The second kappa shape index (κ2) is 7.47. The van der Waals surface area contributed by atoms with E-state index < -0.39 is 0 Å². The number of piperidine rings is 1. The minimum Gasteiger partial charge on any atom is -0.324 e. The molecule has 146 valence electrons. The van der Waals surface area contributed by atoms with Crippen LogP contribution in [-0.2, 0) is 18.6 Å². The van der Waals surface area contributed by atoms with Crippen LogP contribution in [0.3, 0.4) is 0 Å². The third-order valence-electron chi connectivity index (χ3n) is 6.36. The van der Waals surface area contributed by atoms with Gasteiger partial charge in [-0.05, 0) is 37.4 Å². The Morgan fingerprint density at radius 3 is 2.71 bits per heavy atom. The SMILES string of the molecule is CCN1Cc2c(-c3ccccc3)ncn2[C@]2(CCCN(Cc3cccs3)C2)C1. The summed E-state index contributed by atoms with van der Waals surface area (Å²) < 4.78 is 2.54. The van der Waals surface area contributed by atoms with Crippen LogP contribution < -0.4 is 0 Å². The third kappa shape index (κ3) is 3.21. The van der Waals surface area contributed by atoms with Crippen molar-refractivity contribution in [1.82, 2.24) is 19.4 Å². The van der Waals surface area contributed by atoms with Crippen LogP contribution >= 0.6 is 11.3 Å². The molecule has 4 nitrogen and oxygen atoms in total. The second-order valence-electron chi connectivity index (χ2n) is 8.20. The van der Waals surface area contributed by atoms with Gasteiger partial charge in [0.2, 0.25) is 0 Å². The van der Waals surface area contributed by atoms with E-state index in [1.807, 2.05) is 11.3 Å². The van der Waals surface area contributed by atoms with Crippen molar-refractivity contribution in [3.63, 3.8) is 0 Å². The summed E-state index contributed by atoms with van der Waals surface area (Å²) in [5, 5.41) is 2.19. The minimum absolute atomic E-state index is 0.138. The molecule has 2 aromatic heterocycles. The highest BCUT2D eigenvalue weighted by molar-refractivity contribution is 7.09. The van der Waals surface area contributed by atoms with E-state index >= 15 is 0 Å². The fourth-order valence-corrected chi connectivity index (χ4v) is 5.79. The van der Waals surface area contributed by atoms with Crippen LogP contribution in [0.25, 0.3) is 11.3 Å². The largest absolute Gasteiger partial charge is 0.324 e. The molecular formula is C23H28N4S. The lowest BCUT2D eigenvalue weighted by Crippen LogP contribution is -2.58. The van der Waals surface area contributed by atoms with Crippen molar-refractivity contribution in [3.05, 3.63) is 64.7 Å². The Bertz CT molecular complexity index is 917. The Morgan fingerprint density at radius 1 is 1.07 bits per heavy atom. The first kappa shape index (κ1) is 18.1. The number of likely N-dealkylation sites (tertiary alicyclic amines) is 1. The molecule has 0 N–H and O–H groups in total. The summed E-state index contributed by atoms with van der Waals surface area (Å²) >= 11 is 1.87. The van der Waals surface area contributed by atoms with Gasteiger partial charge in [-0.1, -0.05) is 43.3 Å². The first-order chi connectivity index (χ1) is 13.8. The standard InChI is InChI=1S/C23H28N4S/c1-2-25-15-21-22(19-8-4-3-5-9-19)24-18-27(21)23(16-25)11-7-12-26(17-23)14-20-10-6-13-28-20/h3-6,8-10,13,18H,2,7,11-12,14-17H2,1H3/t23-/m1/s1. The molecule has 2 aliphatic heterocycles. The molecule has 1 fully saturated rings. The van der Waals surface area contributed by atoms with E-state index in [9.17, 15) is 0 Å². The van der Waals surface area contributed by atoms with Gasteiger partial charge in [0.05, 0.1) is 23.3 Å². The number of aromatic nitrogens is 2. The fraction of sp³-hybridized carbons (Fsp3) is 0.435. The fourth-order valence-electron chi connectivity index (χ4n) is 5.04. The average Bonchev–Trinajstić information content (AvgIpc) is 3.39. The molecule has 0 saturated carbocycles. The Balaban J connectivity index is 1.51. The van der Waals surface area contributed by atoms with Gasteiger partial charge in [0.25, 0.3) is 0 Å². The summed E-state index contributed by atoms with van der Waals surface area (Å²) in [6, 6.07) is 15.1. The van der Waals surface area contributed by atoms with Crippen molar-refractivity contribution in [2.24, 2.45) is 0 Å². The van der Waals surface area contributed by atoms with Crippen LogP contribution in [0.1, 0.15) is 30.3 Å². The van der Waals surface area contributed by atoms with Crippen LogP contribution in [0.4, 0.5) is 0 Å². The Hall–Kier alpha value is -1.95. The highest BCUT2D eigenvalue weighted by atomic mass is 32.1. The summed E-state index contributed by atoms with van der Waals surface area (Å²) in [7, 11) is 0. The topological polar surface area (TPSA) is 24.3 Å². The molecule has 4 heterocycles. The zero-order valence-corrected chi connectivity index (χ0v) is 17.4. The normalized spacial score (nSPS) is 23.2. The van der Waals surface area contributed by atoms with Gasteiger partial charge in [-0.3, -0.25) is 9.80 Å². The van der Waals surface area contributed by atoms with E-state index in [2.05, 4.69) is 75.5 Å². The Kier molecular flexibility index (Phi) is 4.83. The number of thiophene rings is 1. The molecule has 2 aliphatic rings. The maximum absolute atomic E-state index is 4.91. The van der Waals surface area contributed by atoms with Crippen LogP contribution in [0.2, 0.25) is 0 Å². The van der Waals surface area contributed by atoms with Crippen molar-refractivity contribution in [1.29, 1.82) is 0 Å². The van der Waals surface area contributed by atoms with Crippen LogP contribution in [0.15, 0.2) is 54.2 Å². The van der Waals surface area contributed by atoms with Crippen molar-refractivity contribution >= 4 is 11.3 Å². The van der Waals surface area contributed by atoms with E-state index in [1.165, 1.54) is 35.5 Å². The molecule has 0 unspecified atom stereocenters. The van der Waals surface area contributed by atoms with E-state index in [0.29, 0.717) is 0 Å². The monoisotopic (exact) mass is 392 g/mol. The van der Waals surface area contributed by atoms with Gasteiger partial charge in [-0.25, -0.2) is 4.98 Å². The molecule has 3 aromatic rings. The highest BCUT2D eigenvalue weighted by Crippen LogP contribution is 2.38. The molecule has 1 spiro atoms. The number of fused-ring (bicyclic) bond motifs is 2. The number of imidazole rings is 1. The summed E-state index contributed by atoms with van der Waals surface area (Å²) in [6.45, 7) is 8.87. The van der Waals surface area contributed by atoms with Gasteiger partial charge in [-0.15, -0.1) is 11.3 Å². The molecule has 0 aliphatic carbocycles. The molecule has 5 heteroatoms. The van der Waals surface area contributed by atoms with E-state index in [4.69, 9.17) is 4.98 Å². The predicted molar refractivity (Wildman–Crippen MR) is 115 cm³/mol. The number of hydrogen-bond acceptors (Lipinski definition) is 4. The summed E-state index contributed by atoms with van der Waals surface area (Å²) in [6.07, 6.45) is 4.61. The number of benzene rings is 1. The Labute approximate surface area is 171 Å². The van der Waals surface area contributed by atoms with Crippen LogP contribution in [-0.4, -0.2) is 45.5 Å². The second-order valence-corrected chi connectivity index (χ2v) is 9.23. The Morgan fingerprint density at radius 2 is 1.93 bits per heavy atom. The van der Waals surface area contributed by atoms with Gasteiger partial charge in [0.15, 0.2) is 0 Å². The number of nitrogens with zero attached hydrogens (tertiary/aromatic N) is 4. The molecule has 1 atom stereocenters. The molecule has 0 bridgehead atoms. The highest BCUT2D eigenvalue weighted by Gasteiger charge is 2.43. The molecule has 0 amide bonds. The molecule has 1 saturated heterocycles. The number of likely N-dealkylation sites (N-methyl/N-ethyl adjacent to an activating group) is 1. The van der Waals surface area contributed by atoms with Gasteiger partial charge in [-0.2, -0.15) is 0 Å². The lowest BCUT2D eigenvalue weighted by molar-refractivity contribution is 0.0302. The van der Waals surface area contributed by atoms with Crippen molar-refractivity contribution < 1.29 is 0 Å². The van der Waals surface area contributed by atoms with E-state index in [0.717, 1.165) is 38.4 Å². The zero-order chi connectivity index (χ0) is 19.0. The van der Waals surface area contributed by atoms with E-state index in [1.54, 1.807) is 0 Å². The summed E-state index contributed by atoms with van der Waals surface area (Å²) in [4.78, 5) is 11.6. The summed E-state index contributed by atoms with van der Waals surface area (Å²) in [5.41, 5.74) is 3.92. The van der Waals surface area contributed by atoms with Gasteiger partial charge < -0.3 is 4.57 Å². The van der Waals surface area contributed by atoms with Crippen molar-refractivity contribution in [3.8, 4) is 11.3 Å². The molecule has 28 heavy (non-hydrogen) atoms. The van der Waals surface area contributed by atoms with Crippen molar-refractivity contribution in [2.45, 2.75) is 38.4 Å². The number of hydrogen-bond donors (Lipinski definition) is 0. The predicted octanol–water partition coefficient (Wildman–Crippen LogP) is 4.44. The quantitative estimate of drug-likeness (QED) is 0.656. The van der Waals surface area contributed by atoms with Crippen LogP contribution in [0, 0.1) is 0 Å². The van der Waals surface area contributed by atoms with Gasteiger partial charge in [0, 0.05) is 36.6 Å². The maximum Gasteiger partial charge on any atom is 0.0962 e. The minimum atomic E-state index is 0.138. The summed E-state index contributed by atoms with van der Waals surface area (Å²) in [5.74, 6) is 0. The lowest BCUT2D eigenvalue weighted by atomic mass is 9.85. The first-order valence-corrected chi connectivity index (χ1v) is 11.2. The van der Waals surface area contributed by atoms with Crippen molar-refractivity contribution in [2.75, 3.05) is 26.2 Å².